The largest absolute Gasteiger partial charge is 0.372 e. The number of benzene rings is 2. The van der Waals surface area contributed by atoms with Crippen LogP contribution in [0, 0.1) is 5.82 Å². The lowest BCUT2D eigenvalue weighted by molar-refractivity contribution is 0.134. The molecule has 19 heavy (non-hydrogen) atoms. The van der Waals surface area contributed by atoms with Crippen LogP contribution in [0.25, 0.3) is 0 Å². The molecule has 1 aliphatic heterocycles. The fourth-order valence-electron chi connectivity index (χ4n) is 2.32. The van der Waals surface area contributed by atoms with Crippen molar-refractivity contribution >= 4 is 11.6 Å². The molecule has 4 heteroatoms. The van der Waals surface area contributed by atoms with E-state index < -0.39 is 6.04 Å². The first kappa shape index (κ1) is 12.6. The summed E-state index contributed by atoms with van der Waals surface area (Å²) < 4.78 is 18.7. The third-order valence-electron chi connectivity index (χ3n) is 3.40. The lowest BCUT2D eigenvalue weighted by Crippen LogP contribution is -2.13. The lowest BCUT2D eigenvalue weighted by atomic mass is 9.96. The van der Waals surface area contributed by atoms with Gasteiger partial charge in [-0.1, -0.05) is 29.8 Å². The molecule has 0 fully saturated rings. The van der Waals surface area contributed by atoms with E-state index >= 15 is 0 Å². The molecule has 1 heterocycles. The third kappa shape index (κ3) is 2.37. The van der Waals surface area contributed by atoms with E-state index in [1.165, 1.54) is 23.8 Å². The summed E-state index contributed by atoms with van der Waals surface area (Å²) in [5.74, 6) is -0.334. The first-order valence-corrected chi connectivity index (χ1v) is 6.43. The first-order valence-electron chi connectivity index (χ1n) is 6.05. The van der Waals surface area contributed by atoms with E-state index in [2.05, 4.69) is 0 Å². The molecule has 0 amide bonds. The molecule has 0 aromatic heterocycles. The van der Waals surface area contributed by atoms with E-state index in [1.807, 2.05) is 18.2 Å². The molecule has 1 unspecified atom stereocenters. The van der Waals surface area contributed by atoms with Crippen LogP contribution in [0.15, 0.2) is 36.4 Å². The molecule has 2 aromatic carbocycles. The number of hydrogen-bond donors (Lipinski definition) is 1. The van der Waals surface area contributed by atoms with Crippen molar-refractivity contribution in [2.75, 3.05) is 0 Å². The normalized spacial score (nSPS) is 15.3. The Kier molecular flexibility index (Phi) is 3.27. The van der Waals surface area contributed by atoms with Gasteiger partial charge < -0.3 is 10.5 Å². The Balaban J connectivity index is 1.99. The monoisotopic (exact) mass is 277 g/mol. The summed E-state index contributed by atoms with van der Waals surface area (Å²) in [6.45, 7) is 1.25. The van der Waals surface area contributed by atoms with Gasteiger partial charge in [0.05, 0.1) is 19.3 Å². The predicted octanol–water partition coefficient (Wildman–Crippen LogP) is 3.56. The Bertz CT molecular complexity index is 630. The molecular formula is C15H13ClFNO. The Labute approximate surface area is 115 Å². The SMILES string of the molecule is NC(c1ccc2c(c1)COC2)c1cc(F)ccc1Cl. The zero-order valence-corrected chi connectivity index (χ0v) is 11.0. The van der Waals surface area contributed by atoms with Crippen molar-refractivity contribution < 1.29 is 9.13 Å². The van der Waals surface area contributed by atoms with Gasteiger partial charge in [0.1, 0.15) is 5.82 Å². The fourth-order valence-corrected chi connectivity index (χ4v) is 2.55. The zero-order chi connectivity index (χ0) is 13.4. The van der Waals surface area contributed by atoms with Gasteiger partial charge >= 0.3 is 0 Å². The van der Waals surface area contributed by atoms with Crippen molar-refractivity contribution in [2.45, 2.75) is 19.3 Å². The molecule has 1 aliphatic rings. The summed E-state index contributed by atoms with van der Waals surface area (Å²) in [6.07, 6.45) is 0. The molecule has 0 saturated heterocycles. The maximum absolute atomic E-state index is 13.3. The lowest BCUT2D eigenvalue weighted by Gasteiger charge is -2.15. The second-order valence-corrected chi connectivity index (χ2v) is 5.07. The van der Waals surface area contributed by atoms with Crippen molar-refractivity contribution in [3.8, 4) is 0 Å². The van der Waals surface area contributed by atoms with E-state index in [-0.39, 0.29) is 5.82 Å². The number of halogens is 2. The van der Waals surface area contributed by atoms with E-state index in [1.54, 1.807) is 0 Å². The molecule has 2 N–H and O–H groups in total. The average Bonchev–Trinajstić information content (AvgIpc) is 2.88. The minimum Gasteiger partial charge on any atom is -0.372 e. The first-order chi connectivity index (χ1) is 9.15. The van der Waals surface area contributed by atoms with Gasteiger partial charge in [0.2, 0.25) is 0 Å². The summed E-state index contributed by atoms with van der Waals surface area (Å²) in [7, 11) is 0. The average molecular weight is 278 g/mol. The smallest absolute Gasteiger partial charge is 0.123 e. The number of nitrogens with two attached hydrogens (primary N) is 1. The van der Waals surface area contributed by atoms with Crippen molar-refractivity contribution in [3.05, 3.63) is 69.5 Å². The Morgan fingerprint density at radius 1 is 1.11 bits per heavy atom. The Hall–Kier alpha value is -1.42. The molecule has 0 aliphatic carbocycles. The minimum absolute atomic E-state index is 0.334. The molecule has 2 aromatic rings. The molecule has 2 nitrogen and oxygen atoms in total. The van der Waals surface area contributed by atoms with Crippen LogP contribution in [0.1, 0.15) is 28.3 Å². The number of hydrogen-bond acceptors (Lipinski definition) is 2. The van der Waals surface area contributed by atoms with Gasteiger partial charge in [-0.05, 0) is 40.5 Å². The highest BCUT2D eigenvalue weighted by molar-refractivity contribution is 6.31. The molecule has 0 spiro atoms. The van der Waals surface area contributed by atoms with Crippen LogP contribution in [-0.4, -0.2) is 0 Å². The van der Waals surface area contributed by atoms with Gasteiger partial charge in [-0.25, -0.2) is 4.39 Å². The molecule has 1 atom stereocenters. The highest BCUT2D eigenvalue weighted by Gasteiger charge is 2.17. The molecule has 3 rings (SSSR count). The predicted molar refractivity (Wildman–Crippen MR) is 72.4 cm³/mol. The number of rotatable bonds is 2. The zero-order valence-electron chi connectivity index (χ0n) is 10.2. The van der Waals surface area contributed by atoms with Gasteiger partial charge in [0.25, 0.3) is 0 Å². The van der Waals surface area contributed by atoms with Crippen molar-refractivity contribution in [3.63, 3.8) is 0 Å². The van der Waals surface area contributed by atoms with E-state index in [0.29, 0.717) is 23.8 Å². The fraction of sp³-hybridized carbons (Fsp3) is 0.200. The maximum Gasteiger partial charge on any atom is 0.123 e. The van der Waals surface area contributed by atoms with E-state index in [4.69, 9.17) is 22.1 Å². The molecule has 0 saturated carbocycles. The van der Waals surface area contributed by atoms with Gasteiger partial charge in [-0.3, -0.25) is 0 Å². The van der Waals surface area contributed by atoms with Crippen LogP contribution in [0.5, 0.6) is 0 Å². The number of fused-ring (bicyclic) bond motifs is 1. The molecular weight excluding hydrogens is 265 g/mol. The standard InChI is InChI=1S/C15H13ClFNO/c16-14-4-3-12(17)6-13(14)15(18)9-1-2-10-7-19-8-11(10)5-9/h1-6,15H,7-8,18H2. The summed E-state index contributed by atoms with van der Waals surface area (Å²) in [5, 5.41) is 0.477. The van der Waals surface area contributed by atoms with Crippen LogP contribution in [0.3, 0.4) is 0 Å². The van der Waals surface area contributed by atoms with Crippen molar-refractivity contribution in [1.82, 2.24) is 0 Å². The summed E-state index contributed by atoms with van der Waals surface area (Å²) >= 11 is 6.09. The van der Waals surface area contributed by atoms with Crippen LogP contribution in [0.4, 0.5) is 4.39 Å². The quantitative estimate of drug-likeness (QED) is 0.911. The highest BCUT2D eigenvalue weighted by atomic mass is 35.5. The van der Waals surface area contributed by atoms with E-state index in [0.717, 1.165) is 11.1 Å². The highest BCUT2D eigenvalue weighted by Crippen LogP contribution is 2.30. The van der Waals surface area contributed by atoms with Crippen molar-refractivity contribution in [1.29, 1.82) is 0 Å². The summed E-state index contributed by atoms with van der Waals surface area (Å²) in [4.78, 5) is 0. The summed E-state index contributed by atoms with van der Waals surface area (Å²) in [5.41, 5.74) is 10.0. The Morgan fingerprint density at radius 2 is 1.89 bits per heavy atom. The third-order valence-corrected chi connectivity index (χ3v) is 3.74. The van der Waals surface area contributed by atoms with Gasteiger partial charge in [0, 0.05) is 5.02 Å². The molecule has 98 valence electrons. The van der Waals surface area contributed by atoms with Gasteiger partial charge in [-0.2, -0.15) is 0 Å². The van der Waals surface area contributed by atoms with Crippen molar-refractivity contribution in [2.24, 2.45) is 5.73 Å². The topological polar surface area (TPSA) is 35.2 Å². The van der Waals surface area contributed by atoms with Gasteiger partial charge in [0.15, 0.2) is 0 Å². The van der Waals surface area contributed by atoms with Crippen LogP contribution in [0.2, 0.25) is 5.02 Å². The van der Waals surface area contributed by atoms with Crippen LogP contribution in [-0.2, 0) is 18.0 Å². The van der Waals surface area contributed by atoms with Crippen LogP contribution < -0.4 is 5.73 Å². The van der Waals surface area contributed by atoms with Gasteiger partial charge in [-0.15, -0.1) is 0 Å². The second kappa shape index (κ2) is 4.93. The second-order valence-electron chi connectivity index (χ2n) is 4.66. The summed E-state index contributed by atoms with van der Waals surface area (Å²) in [6, 6.07) is 9.77. The molecule has 0 radical (unpaired) electrons. The van der Waals surface area contributed by atoms with Crippen LogP contribution >= 0.6 is 11.6 Å². The minimum atomic E-state index is -0.436. The Morgan fingerprint density at radius 3 is 2.74 bits per heavy atom. The number of ether oxygens (including phenoxy) is 1. The van der Waals surface area contributed by atoms with E-state index in [9.17, 15) is 4.39 Å². The maximum atomic E-state index is 13.3. The molecule has 0 bridgehead atoms.